The van der Waals surface area contributed by atoms with Crippen LogP contribution in [0.3, 0.4) is 0 Å². The molecule has 0 bridgehead atoms. The largest absolute Gasteiger partial charge is 0.481 e. The quantitative estimate of drug-likeness (QED) is 0.485. The van der Waals surface area contributed by atoms with Gasteiger partial charge in [0.05, 0.1) is 11.7 Å². The highest BCUT2D eigenvalue weighted by Crippen LogP contribution is 2.39. The maximum Gasteiger partial charge on any atom is 0.308 e. The van der Waals surface area contributed by atoms with E-state index in [1.165, 1.54) is 0 Å². The Balaban J connectivity index is 1.65. The van der Waals surface area contributed by atoms with Crippen LogP contribution in [0.15, 0.2) is 18.2 Å². The lowest BCUT2D eigenvalue weighted by molar-refractivity contribution is -0.141. The fourth-order valence-corrected chi connectivity index (χ4v) is 6.00. The van der Waals surface area contributed by atoms with Crippen molar-refractivity contribution in [2.45, 2.75) is 45.4 Å². The van der Waals surface area contributed by atoms with Crippen LogP contribution in [0, 0.1) is 5.92 Å². The van der Waals surface area contributed by atoms with Crippen molar-refractivity contribution >= 4 is 16.0 Å². The van der Waals surface area contributed by atoms with Gasteiger partial charge in [0, 0.05) is 38.6 Å². The van der Waals surface area contributed by atoms with Crippen molar-refractivity contribution in [2.75, 3.05) is 45.3 Å². The second kappa shape index (κ2) is 10.7. The number of benzene rings is 1. The van der Waals surface area contributed by atoms with Gasteiger partial charge in [-0.05, 0) is 30.5 Å². The topological polar surface area (TPSA) is 96.4 Å². The Bertz CT molecular complexity index is 860. The molecule has 1 saturated heterocycles. The molecular weight excluding hydrogens is 420 g/mol. The van der Waals surface area contributed by atoms with Crippen LogP contribution in [-0.2, 0) is 14.8 Å². The number of carboxylic acids is 1. The minimum atomic E-state index is -3.29. The van der Waals surface area contributed by atoms with Crippen molar-refractivity contribution in [3.8, 4) is 11.5 Å². The van der Waals surface area contributed by atoms with Crippen molar-refractivity contribution in [2.24, 2.45) is 5.92 Å². The maximum atomic E-state index is 12.8. The van der Waals surface area contributed by atoms with E-state index in [1.807, 2.05) is 25.1 Å². The van der Waals surface area contributed by atoms with Gasteiger partial charge in [0.2, 0.25) is 16.8 Å². The van der Waals surface area contributed by atoms with E-state index in [0.29, 0.717) is 50.6 Å². The Labute approximate surface area is 185 Å². The lowest BCUT2D eigenvalue weighted by Gasteiger charge is -2.25. The number of unbranched alkanes of at least 4 members (excludes halogenated alkanes) is 2. The summed E-state index contributed by atoms with van der Waals surface area (Å²) in [6.07, 6.45) is 3.32. The predicted molar refractivity (Wildman–Crippen MR) is 118 cm³/mol. The second-order valence-corrected chi connectivity index (χ2v) is 10.4. The van der Waals surface area contributed by atoms with Gasteiger partial charge in [-0.2, -0.15) is 0 Å². The molecule has 0 amide bonds. The van der Waals surface area contributed by atoms with Crippen LogP contribution >= 0.6 is 0 Å². The van der Waals surface area contributed by atoms with Gasteiger partial charge >= 0.3 is 5.97 Å². The summed E-state index contributed by atoms with van der Waals surface area (Å²) in [5.74, 6) is -0.0450. The van der Waals surface area contributed by atoms with E-state index in [4.69, 9.17) is 9.47 Å². The highest BCUT2D eigenvalue weighted by Gasteiger charge is 2.39. The molecule has 2 heterocycles. The molecule has 0 saturated carbocycles. The SMILES string of the molecule is CCCCCS(=O)(=O)N(CCC)CCN1CC(C(=O)O)C(c2ccc3c(c2)OCO3)C1. The normalized spacial score (nSPS) is 21.1. The van der Waals surface area contributed by atoms with Crippen LogP contribution in [0.4, 0.5) is 0 Å². The van der Waals surface area contributed by atoms with Crippen molar-refractivity contribution in [1.29, 1.82) is 0 Å². The van der Waals surface area contributed by atoms with Crippen molar-refractivity contribution in [3.05, 3.63) is 23.8 Å². The summed E-state index contributed by atoms with van der Waals surface area (Å²) < 4.78 is 37.9. The molecule has 31 heavy (non-hydrogen) atoms. The van der Waals surface area contributed by atoms with Crippen molar-refractivity contribution in [1.82, 2.24) is 9.21 Å². The zero-order valence-electron chi connectivity index (χ0n) is 18.5. The fraction of sp³-hybridized carbons (Fsp3) is 0.682. The summed E-state index contributed by atoms with van der Waals surface area (Å²) in [4.78, 5) is 14.0. The van der Waals surface area contributed by atoms with Gasteiger partial charge in [-0.1, -0.05) is 32.8 Å². The first-order valence-corrected chi connectivity index (χ1v) is 12.8. The summed E-state index contributed by atoms with van der Waals surface area (Å²) in [6.45, 7) is 6.60. The molecule has 1 aromatic rings. The van der Waals surface area contributed by atoms with Gasteiger partial charge in [0.15, 0.2) is 11.5 Å². The molecule has 1 aromatic carbocycles. The lowest BCUT2D eigenvalue weighted by atomic mass is 9.89. The van der Waals surface area contributed by atoms with E-state index in [1.54, 1.807) is 4.31 Å². The Kier molecular flexibility index (Phi) is 8.18. The molecular formula is C22H34N2O6S. The van der Waals surface area contributed by atoms with Crippen LogP contribution in [0.5, 0.6) is 11.5 Å². The Morgan fingerprint density at radius 2 is 1.90 bits per heavy atom. The Hall–Kier alpha value is -1.84. The molecule has 2 unspecified atom stereocenters. The van der Waals surface area contributed by atoms with E-state index in [2.05, 4.69) is 11.8 Å². The Morgan fingerprint density at radius 1 is 1.13 bits per heavy atom. The van der Waals surface area contributed by atoms with E-state index in [9.17, 15) is 18.3 Å². The third-order valence-electron chi connectivity index (χ3n) is 6.08. The van der Waals surface area contributed by atoms with Crippen molar-refractivity contribution in [3.63, 3.8) is 0 Å². The van der Waals surface area contributed by atoms with E-state index in [0.717, 1.165) is 24.8 Å². The number of fused-ring (bicyclic) bond motifs is 1. The molecule has 9 heteroatoms. The Morgan fingerprint density at radius 3 is 2.61 bits per heavy atom. The number of aliphatic carboxylic acids is 1. The average molecular weight is 455 g/mol. The van der Waals surface area contributed by atoms with E-state index in [-0.39, 0.29) is 18.5 Å². The minimum Gasteiger partial charge on any atom is -0.481 e. The molecule has 1 fully saturated rings. The van der Waals surface area contributed by atoms with Crippen LogP contribution in [0.2, 0.25) is 0 Å². The smallest absolute Gasteiger partial charge is 0.308 e. The highest BCUT2D eigenvalue weighted by molar-refractivity contribution is 7.89. The molecule has 3 rings (SSSR count). The molecule has 1 N–H and O–H groups in total. The number of ether oxygens (including phenoxy) is 2. The first kappa shape index (κ1) is 23.8. The zero-order chi connectivity index (χ0) is 22.4. The van der Waals surface area contributed by atoms with Gasteiger partial charge < -0.3 is 19.5 Å². The van der Waals surface area contributed by atoms with Gasteiger partial charge in [-0.15, -0.1) is 0 Å². The van der Waals surface area contributed by atoms with Crippen LogP contribution in [-0.4, -0.2) is 74.0 Å². The summed E-state index contributed by atoms with van der Waals surface area (Å²) in [5, 5.41) is 9.78. The second-order valence-electron chi connectivity index (χ2n) is 8.35. The van der Waals surface area contributed by atoms with Gasteiger partial charge in [0.25, 0.3) is 0 Å². The zero-order valence-corrected chi connectivity index (χ0v) is 19.3. The molecule has 0 aromatic heterocycles. The van der Waals surface area contributed by atoms with Gasteiger partial charge in [-0.3, -0.25) is 4.79 Å². The first-order valence-electron chi connectivity index (χ1n) is 11.2. The number of nitrogens with zero attached hydrogens (tertiary/aromatic N) is 2. The molecule has 0 radical (unpaired) electrons. The van der Waals surface area contributed by atoms with E-state index < -0.39 is 21.9 Å². The van der Waals surface area contributed by atoms with Crippen molar-refractivity contribution < 1.29 is 27.8 Å². The monoisotopic (exact) mass is 454 g/mol. The fourth-order valence-electron chi connectivity index (χ4n) is 4.36. The summed E-state index contributed by atoms with van der Waals surface area (Å²) >= 11 is 0. The third kappa shape index (κ3) is 5.90. The lowest BCUT2D eigenvalue weighted by Crippen LogP contribution is -2.40. The number of carbonyl (C=O) groups is 1. The van der Waals surface area contributed by atoms with Gasteiger partial charge in [-0.25, -0.2) is 12.7 Å². The standard InChI is InChI=1S/C22H34N2O6S/c1-3-5-6-12-31(27,28)24(9-4-2)11-10-23-14-18(19(15-23)22(25)26)17-7-8-20-21(13-17)30-16-29-20/h7-8,13,18-19H,3-6,9-12,14-16H2,1-2H3,(H,25,26). The third-order valence-corrected chi connectivity index (χ3v) is 8.03. The minimum absolute atomic E-state index is 0.173. The van der Waals surface area contributed by atoms with Crippen LogP contribution in [0.25, 0.3) is 0 Å². The molecule has 174 valence electrons. The summed E-state index contributed by atoms with van der Waals surface area (Å²) in [7, 11) is -3.29. The molecule has 2 aliphatic rings. The number of hydrogen-bond donors (Lipinski definition) is 1. The summed E-state index contributed by atoms with van der Waals surface area (Å²) in [5.41, 5.74) is 0.914. The molecule has 8 nitrogen and oxygen atoms in total. The number of sulfonamides is 1. The molecule has 0 aliphatic carbocycles. The summed E-state index contributed by atoms with van der Waals surface area (Å²) in [6, 6.07) is 5.60. The molecule has 2 atom stereocenters. The molecule has 2 aliphatic heterocycles. The van der Waals surface area contributed by atoms with E-state index >= 15 is 0 Å². The number of rotatable bonds is 12. The first-order chi connectivity index (χ1) is 14.9. The van der Waals surface area contributed by atoms with Crippen LogP contribution < -0.4 is 9.47 Å². The average Bonchev–Trinajstić information content (AvgIpc) is 3.37. The predicted octanol–water partition coefficient (Wildman–Crippen LogP) is 2.75. The highest BCUT2D eigenvalue weighted by atomic mass is 32.2. The number of likely N-dealkylation sites (tertiary alicyclic amines) is 1. The number of hydrogen-bond acceptors (Lipinski definition) is 6. The number of carboxylic acid groups (broad SMARTS) is 1. The molecule has 0 spiro atoms. The van der Waals surface area contributed by atoms with Gasteiger partial charge in [0.1, 0.15) is 0 Å². The van der Waals surface area contributed by atoms with Crippen LogP contribution in [0.1, 0.15) is 51.0 Å². The maximum absolute atomic E-state index is 12.8.